The van der Waals surface area contributed by atoms with Gasteiger partial charge in [0.15, 0.2) is 11.5 Å². The lowest BCUT2D eigenvalue weighted by Gasteiger charge is -2.45. The van der Waals surface area contributed by atoms with Crippen LogP contribution in [-0.2, 0) is 0 Å². The number of ether oxygens (including phenoxy) is 2. The van der Waals surface area contributed by atoms with Crippen LogP contribution in [0.15, 0.2) is 65.5 Å². The number of hydrogen-bond acceptors (Lipinski definition) is 6. The third-order valence-corrected chi connectivity index (χ3v) is 8.33. The Balaban J connectivity index is 1.33. The van der Waals surface area contributed by atoms with E-state index in [0.717, 1.165) is 69.9 Å². The Kier molecular flexibility index (Phi) is 4.79. The minimum atomic E-state index is -0.156. The van der Waals surface area contributed by atoms with Crippen molar-refractivity contribution in [3.63, 3.8) is 0 Å². The summed E-state index contributed by atoms with van der Waals surface area (Å²) in [6.07, 6.45) is 2.36. The molecule has 2 bridgehead atoms. The first-order chi connectivity index (χ1) is 18.7. The number of piperidine rings is 3. The van der Waals surface area contributed by atoms with Crippen molar-refractivity contribution in [2.24, 2.45) is 5.92 Å². The van der Waals surface area contributed by atoms with Crippen molar-refractivity contribution < 1.29 is 9.47 Å². The van der Waals surface area contributed by atoms with E-state index in [2.05, 4.69) is 26.3 Å². The molecule has 9 rings (SSSR count). The number of hydrogen-bond donors (Lipinski definition) is 3. The number of pyridine rings is 1. The summed E-state index contributed by atoms with van der Waals surface area (Å²) in [4.78, 5) is 27.5. The van der Waals surface area contributed by atoms with Gasteiger partial charge in [-0.2, -0.15) is 0 Å². The van der Waals surface area contributed by atoms with Crippen LogP contribution in [0.5, 0.6) is 11.5 Å². The zero-order valence-corrected chi connectivity index (χ0v) is 20.8. The van der Waals surface area contributed by atoms with Gasteiger partial charge in [0.1, 0.15) is 11.4 Å². The van der Waals surface area contributed by atoms with E-state index in [1.807, 2.05) is 54.6 Å². The number of benzene rings is 3. The van der Waals surface area contributed by atoms with E-state index in [9.17, 15) is 4.79 Å². The highest BCUT2D eigenvalue weighted by molar-refractivity contribution is 6.01. The Morgan fingerprint density at radius 3 is 2.55 bits per heavy atom. The molecule has 190 valence electrons. The van der Waals surface area contributed by atoms with Gasteiger partial charge in [-0.15, -0.1) is 0 Å². The third-order valence-electron chi connectivity index (χ3n) is 8.33. The number of aromatic nitrogens is 3. The normalized spacial score (nSPS) is 21.8. The summed E-state index contributed by atoms with van der Waals surface area (Å²) in [6.45, 7) is 3.54. The minimum absolute atomic E-state index is 0.156. The fourth-order valence-corrected chi connectivity index (χ4v) is 6.31. The number of rotatable bonds is 4. The van der Waals surface area contributed by atoms with Crippen LogP contribution in [-0.4, -0.2) is 52.3 Å². The van der Waals surface area contributed by atoms with Gasteiger partial charge in [0.2, 0.25) is 6.79 Å². The fraction of sp³-hybridized carbons (Fsp3) is 0.267. The van der Waals surface area contributed by atoms with Crippen molar-refractivity contribution in [2.75, 3.05) is 31.7 Å². The number of nitrogens with one attached hydrogen (secondary N) is 3. The molecule has 3 fully saturated rings. The highest BCUT2D eigenvalue weighted by Crippen LogP contribution is 2.39. The summed E-state index contributed by atoms with van der Waals surface area (Å²) in [5.74, 6) is 2.68. The largest absolute Gasteiger partial charge is 0.454 e. The number of imidazole rings is 1. The van der Waals surface area contributed by atoms with E-state index in [1.165, 1.54) is 12.8 Å². The van der Waals surface area contributed by atoms with Gasteiger partial charge in [-0.05, 0) is 79.4 Å². The molecule has 5 aromatic rings. The van der Waals surface area contributed by atoms with Crippen LogP contribution in [0.25, 0.3) is 44.5 Å². The van der Waals surface area contributed by atoms with Crippen LogP contribution in [0.3, 0.4) is 0 Å². The van der Waals surface area contributed by atoms with Gasteiger partial charge in [-0.1, -0.05) is 24.3 Å². The number of para-hydroxylation sites is 2. The molecule has 2 aromatic heterocycles. The Bertz CT molecular complexity index is 1730. The Hall–Kier alpha value is -4.30. The first-order valence-corrected chi connectivity index (χ1v) is 13.2. The van der Waals surface area contributed by atoms with Crippen molar-refractivity contribution in [1.82, 2.24) is 19.9 Å². The van der Waals surface area contributed by atoms with E-state index < -0.39 is 0 Å². The van der Waals surface area contributed by atoms with Gasteiger partial charge >= 0.3 is 0 Å². The summed E-state index contributed by atoms with van der Waals surface area (Å²) in [5, 5.41) is 4.83. The number of fused-ring (bicyclic) bond motifs is 6. The molecule has 0 spiro atoms. The summed E-state index contributed by atoms with van der Waals surface area (Å²) in [6, 6.07) is 20.3. The zero-order chi connectivity index (χ0) is 25.2. The molecular weight excluding hydrogens is 478 g/mol. The molecule has 0 aliphatic carbocycles. The Labute approximate surface area is 218 Å². The second-order valence-electron chi connectivity index (χ2n) is 10.5. The van der Waals surface area contributed by atoms with Crippen molar-refractivity contribution in [3.8, 4) is 34.0 Å². The van der Waals surface area contributed by atoms with E-state index in [1.54, 1.807) is 0 Å². The van der Waals surface area contributed by atoms with Gasteiger partial charge in [0.25, 0.3) is 5.56 Å². The second-order valence-corrected chi connectivity index (χ2v) is 10.5. The van der Waals surface area contributed by atoms with Crippen molar-refractivity contribution >= 4 is 27.6 Å². The van der Waals surface area contributed by atoms with Crippen molar-refractivity contribution in [2.45, 2.75) is 18.9 Å². The molecule has 8 nitrogen and oxygen atoms in total. The molecule has 8 heteroatoms. The smallest absolute Gasteiger partial charge is 0.261 e. The van der Waals surface area contributed by atoms with Crippen LogP contribution in [0.2, 0.25) is 0 Å². The molecule has 6 heterocycles. The van der Waals surface area contributed by atoms with E-state index in [0.29, 0.717) is 17.3 Å². The lowest BCUT2D eigenvalue weighted by molar-refractivity contribution is 0.0976. The molecule has 3 saturated heterocycles. The Morgan fingerprint density at radius 2 is 1.71 bits per heavy atom. The van der Waals surface area contributed by atoms with Crippen molar-refractivity contribution in [1.29, 1.82) is 0 Å². The summed E-state index contributed by atoms with van der Waals surface area (Å²) < 4.78 is 11.1. The standard InChI is InChI=1S/C30H27N5O3/c36-30-27(29-32-22-3-1-2-4-23(22)33-29)28(31-24-15-35-11-9-17(24)10-12-35)20-13-18(5-7-21(20)34-30)19-6-8-25-26(14-19)38-16-37-25/h1-8,13-14,17,24H,9-12,15-16H2,(H,32,33)(H2,31,34,36)/t24-/m0/s1. The Morgan fingerprint density at radius 1 is 0.895 bits per heavy atom. The predicted octanol–water partition coefficient (Wildman–Crippen LogP) is 4.97. The molecule has 3 N–H and O–H groups in total. The number of H-pyrrole nitrogens is 2. The van der Waals surface area contributed by atoms with Crippen LogP contribution < -0.4 is 20.3 Å². The average Bonchev–Trinajstić information content (AvgIpc) is 3.60. The van der Waals surface area contributed by atoms with Gasteiger partial charge in [-0.25, -0.2) is 4.98 Å². The lowest BCUT2D eigenvalue weighted by Crippen LogP contribution is -2.53. The highest BCUT2D eigenvalue weighted by Gasteiger charge is 2.35. The van der Waals surface area contributed by atoms with Gasteiger partial charge in [0, 0.05) is 18.0 Å². The molecular formula is C30H27N5O3. The molecule has 38 heavy (non-hydrogen) atoms. The summed E-state index contributed by atoms with van der Waals surface area (Å²) in [5.41, 5.74) is 5.84. The molecule has 4 aliphatic rings. The molecule has 0 saturated carbocycles. The molecule has 0 radical (unpaired) electrons. The van der Waals surface area contributed by atoms with Crippen LogP contribution in [0.1, 0.15) is 12.8 Å². The minimum Gasteiger partial charge on any atom is -0.454 e. The summed E-state index contributed by atoms with van der Waals surface area (Å²) >= 11 is 0. The van der Waals surface area contributed by atoms with E-state index in [-0.39, 0.29) is 18.4 Å². The fourth-order valence-electron chi connectivity index (χ4n) is 6.31. The average molecular weight is 506 g/mol. The predicted molar refractivity (Wildman–Crippen MR) is 148 cm³/mol. The van der Waals surface area contributed by atoms with Gasteiger partial charge < -0.3 is 29.7 Å². The van der Waals surface area contributed by atoms with Gasteiger partial charge in [-0.3, -0.25) is 4.79 Å². The molecule has 0 amide bonds. The maximum Gasteiger partial charge on any atom is 0.261 e. The second kappa shape index (κ2) is 8.36. The van der Waals surface area contributed by atoms with Crippen LogP contribution >= 0.6 is 0 Å². The van der Waals surface area contributed by atoms with Crippen molar-refractivity contribution in [3.05, 3.63) is 71.0 Å². The van der Waals surface area contributed by atoms with Crippen LogP contribution in [0.4, 0.5) is 5.69 Å². The number of nitrogens with zero attached hydrogens (tertiary/aromatic N) is 2. The first kappa shape index (κ1) is 21.8. The zero-order valence-electron chi connectivity index (χ0n) is 20.8. The first-order valence-electron chi connectivity index (χ1n) is 13.2. The molecule has 3 aromatic carbocycles. The van der Waals surface area contributed by atoms with E-state index in [4.69, 9.17) is 14.5 Å². The third kappa shape index (κ3) is 3.48. The van der Waals surface area contributed by atoms with Crippen LogP contribution in [0, 0.1) is 5.92 Å². The van der Waals surface area contributed by atoms with Gasteiger partial charge in [0.05, 0.1) is 22.2 Å². The maximum absolute atomic E-state index is 13.6. The molecule has 1 atom stereocenters. The monoisotopic (exact) mass is 505 g/mol. The SMILES string of the molecule is O=c1[nH]c2ccc(-c3ccc4c(c3)OCO4)cc2c(N[C@H]2CN3CCC2CC3)c1-c1nc2ccccc2[nH]1. The van der Waals surface area contributed by atoms with E-state index >= 15 is 0 Å². The maximum atomic E-state index is 13.6. The quantitative estimate of drug-likeness (QED) is 0.319. The number of aromatic amines is 2. The molecule has 0 unspecified atom stereocenters. The molecule has 4 aliphatic heterocycles. The summed E-state index contributed by atoms with van der Waals surface area (Å²) in [7, 11) is 0. The topological polar surface area (TPSA) is 95.3 Å². The number of anilines is 1. The highest BCUT2D eigenvalue weighted by atomic mass is 16.7. The lowest BCUT2D eigenvalue weighted by atomic mass is 9.83.